The minimum Gasteiger partial charge on any atom is -0.480 e. The van der Waals surface area contributed by atoms with E-state index < -0.39 is 37.1 Å². The molecule has 2 unspecified atom stereocenters. The van der Waals surface area contributed by atoms with E-state index in [0.717, 1.165) is 5.56 Å². The predicted octanol–water partition coefficient (Wildman–Crippen LogP) is 2.27. The van der Waals surface area contributed by atoms with Gasteiger partial charge in [-0.25, -0.2) is 0 Å². The van der Waals surface area contributed by atoms with E-state index in [2.05, 4.69) is 0 Å². The first-order chi connectivity index (χ1) is 9.78. The molecule has 21 heavy (non-hydrogen) atoms. The van der Waals surface area contributed by atoms with Crippen molar-refractivity contribution in [3.05, 3.63) is 35.9 Å². The van der Waals surface area contributed by atoms with Crippen molar-refractivity contribution in [1.82, 2.24) is 4.90 Å². The zero-order valence-electron chi connectivity index (χ0n) is 11.0. The molecular weight excluding hydrogens is 287 g/mol. The third-order valence-corrected chi connectivity index (χ3v) is 3.34. The lowest BCUT2D eigenvalue weighted by Crippen LogP contribution is -2.43. The summed E-state index contributed by atoms with van der Waals surface area (Å²) in [6, 6.07) is 9.01. The number of halogens is 3. The molecule has 1 aliphatic carbocycles. The number of carbonyl (C=O) groups is 2. The molecule has 0 aliphatic heterocycles. The zero-order valence-corrected chi connectivity index (χ0v) is 11.0. The van der Waals surface area contributed by atoms with Crippen molar-refractivity contribution in [3.63, 3.8) is 0 Å². The van der Waals surface area contributed by atoms with E-state index in [1.165, 1.54) is 0 Å². The lowest BCUT2D eigenvalue weighted by molar-refractivity contribution is -0.166. The third-order valence-electron chi connectivity index (χ3n) is 3.34. The molecule has 1 aliphatic rings. The molecule has 1 aromatic carbocycles. The highest BCUT2D eigenvalue weighted by Gasteiger charge is 2.47. The van der Waals surface area contributed by atoms with Crippen LogP contribution in [0, 0.1) is 5.92 Å². The van der Waals surface area contributed by atoms with Gasteiger partial charge in [-0.2, -0.15) is 13.2 Å². The van der Waals surface area contributed by atoms with Crippen molar-refractivity contribution >= 4 is 11.9 Å². The Morgan fingerprint density at radius 3 is 2.38 bits per heavy atom. The quantitative estimate of drug-likeness (QED) is 0.907. The summed E-state index contributed by atoms with van der Waals surface area (Å²) in [4.78, 5) is 23.1. The van der Waals surface area contributed by atoms with Gasteiger partial charge in [-0.05, 0) is 17.9 Å². The first kappa shape index (κ1) is 15.3. The van der Waals surface area contributed by atoms with Gasteiger partial charge in [-0.3, -0.25) is 9.59 Å². The number of rotatable bonds is 5. The van der Waals surface area contributed by atoms with Gasteiger partial charge in [0.25, 0.3) is 0 Å². The van der Waals surface area contributed by atoms with Crippen LogP contribution in [-0.2, 0) is 9.59 Å². The van der Waals surface area contributed by atoms with Crippen molar-refractivity contribution in [2.45, 2.75) is 18.5 Å². The minimum atomic E-state index is -4.61. The van der Waals surface area contributed by atoms with E-state index in [1.54, 1.807) is 12.1 Å². The molecule has 114 valence electrons. The number of hydrogen-bond donors (Lipinski definition) is 1. The molecule has 2 rings (SSSR count). The van der Waals surface area contributed by atoms with Crippen LogP contribution in [0.5, 0.6) is 0 Å². The van der Waals surface area contributed by atoms with Crippen LogP contribution in [0.25, 0.3) is 0 Å². The van der Waals surface area contributed by atoms with Gasteiger partial charge < -0.3 is 10.0 Å². The van der Waals surface area contributed by atoms with Crippen molar-refractivity contribution < 1.29 is 27.9 Å². The van der Waals surface area contributed by atoms with Crippen LogP contribution < -0.4 is 0 Å². The molecule has 0 saturated heterocycles. The lowest BCUT2D eigenvalue weighted by atomic mass is 10.1. The molecule has 0 bridgehead atoms. The van der Waals surface area contributed by atoms with Gasteiger partial charge in [-0.15, -0.1) is 0 Å². The fourth-order valence-corrected chi connectivity index (χ4v) is 2.36. The van der Waals surface area contributed by atoms with Crippen LogP contribution in [0.4, 0.5) is 13.2 Å². The summed E-state index contributed by atoms with van der Waals surface area (Å²) in [7, 11) is 0. The van der Waals surface area contributed by atoms with Gasteiger partial charge in [0.15, 0.2) is 0 Å². The number of nitrogens with zero attached hydrogens (tertiary/aromatic N) is 1. The molecule has 1 saturated carbocycles. The summed E-state index contributed by atoms with van der Waals surface area (Å²) >= 11 is 0. The highest BCUT2D eigenvalue weighted by atomic mass is 19.4. The molecule has 1 N–H and O–H groups in total. The summed E-state index contributed by atoms with van der Waals surface area (Å²) in [6.07, 6.45) is -4.15. The maximum atomic E-state index is 12.4. The van der Waals surface area contributed by atoms with Crippen molar-refractivity contribution in [3.8, 4) is 0 Å². The van der Waals surface area contributed by atoms with Gasteiger partial charge in [0.2, 0.25) is 5.91 Å². The Labute approximate surface area is 119 Å². The Morgan fingerprint density at radius 1 is 1.24 bits per heavy atom. The molecule has 1 fully saturated rings. The van der Waals surface area contributed by atoms with Crippen LogP contribution in [0.3, 0.4) is 0 Å². The molecule has 0 aromatic heterocycles. The van der Waals surface area contributed by atoms with Crippen molar-refractivity contribution in [1.29, 1.82) is 0 Å². The van der Waals surface area contributed by atoms with E-state index >= 15 is 0 Å². The summed E-state index contributed by atoms with van der Waals surface area (Å²) in [5.41, 5.74) is 0.887. The van der Waals surface area contributed by atoms with E-state index in [-0.39, 0.29) is 5.92 Å². The average molecular weight is 301 g/mol. The molecular formula is C14H14F3NO3. The normalized spacial score (nSPS) is 20.9. The highest BCUT2D eigenvalue weighted by molar-refractivity contribution is 5.86. The summed E-state index contributed by atoms with van der Waals surface area (Å²) in [6.45, 7) is -2.47. The van der Waals surface area contributed by atoms with Crippen LogP contribution in [0.2, 0.25) is 0 Å². The second-order valence-corrected chi connectivity index (χ2v) is 5.06. The Morgan fingerprint density at radius 2 is 1.86 bits per heavy atom. The number of alkyl halides is 3. The SMILES string of the molecule is O=C(O)CN(CC(F)(F)F)C(=O)C1CC1c1ccccc1. The van der Waals surface area contributed by atoms with E-state index in [1.807, 2.05) is 18.2 Å². The smallest absolute Gasteiger partial charge is 0.406 e. The van der Waals surface area contributed by atoms with E-state index in [4.69, 9.17) is 5.11 Å². The fraction of sp³-hybridized carbons (Fsp3) is 0.429. The van der Waals surface area contributed by atoms with Crippen LogP contribution >= 0.6 is 0 Å². The molecule has 0 heterocycles. The lowest BCUT2D eigenvalue weighted by Gasteiger charge is -2.22. The Bertz CT molecular complexity index is 530. The van der Waals surface area contributed by atoms with Gasteiger partial charge in [-0.1, -0.05) is 30.3 Å². The van der Waals surface area contributed by atoms with Crippen molar-refractivity contribution in [2.24, 2.45) is 5.92 Å². The topological polar surface area (TPSA) is 57.6 Å². The molecule has 2 atom stereocenters. The molecule has 7 heteroatoms. The van der Waals surface area contributed by atoms with Crippen LogP contribution in [0.15, 0.2) is 30.3 Å². The fourth-order valence-electron chi connectivity index (χ4n) is 2.36. The van der Waals surface area contributed by atoms with Gasteiger partial charge in [0.05, 0.1) is 0 Å². The number of carboxylic acids is 1. The molecule has 0 radical (unpaired) electrons. The summed E-state index contributed by atoms with van der Waals surface area (Å²) < 4.78 is 37.3. The maximum absolute atomic E-state index is 12.4. The maximum Gasteiger partial charge on any atom is 0.406 e. The van der Waals surface area contributed by atoms with Gasteiger partial charge >= 0.3 is 12.1 Å². The summed E-state index contributed by atoms with van der Waals surface area (Å²) in [5, 5.41) is 8.65. The first-order valence-corrected chi connectivity index (χ1v) is 6.40. The number of hydrogen-bond acceptors (Lipinski definition) is 2. The van der Waals surface area contributed by atoms with E-state index in [0.29, 0.717) is 11.3 Å². The molecule has 1 aromatic rings. The number of aliphatic carboxylic acids is 1. The zero-order chi connectivity index (χ0) is 15.6. The van der Waals surface area contributed by atoms with Crippen LogP contribution in [-0.4, -0.2) is 41.1 Å². The van der Waals surface area contributed by atoms with Gasteiger partial charge in [0, 0.05) is 5.92 Å². The number of carbonyl (C=O) groups excluding carboxylic acids is 1. The Kier molecular flexibility index (Phi) is 4.20. The Hall–Kier alpha value is -2.05. The molecule has 0 spiro atoms. The average Bonchev–Trinajstić information content (AvgIpc) is 3.16. The number of carboxylic acid groups (broad SMARTS) is 1. The third kappa shape index (κ3) is 4.21. The standard InChI is InChI=1S/C14H14F3NO3/c15-14(16,17)8-18(7-12(19)20)13(21)11-6-10(11)9-4-2-1-3-5-9/h1-5,10-11H,6-8H2,(H,19,20). The molecule has 4 nitrogen and oxygen atoms in total. The largest absolute Gasteiger partial charge is 0.480 e. The van der Waals surface area contributed by atoms with Gasteiger partial charge in [0.1, 0.15) is 13.1 Å². The van der Waals surface area contributed by atoms with Crippen molar-refractivity contribution in [2.75, 3.05) is 13.1 Å². The predicted molar refractivity (Wildman–Crippen MR) is 67.6 cm³/mol. The second kappa shape index (κ2) is 5.75. The van der Waals surface area contributed by atoms with E-state index in [9.17, 15) is 22.8 Å². The minimum absolute atomic E-state index is 0.122. The highest BCUT2D eigenvalue weighted by Crippen LogP contribution is 2.48. The number of amides is 1. The second-order valence-electron chi connectivity index (χ2n) is 5.06. The molecule has 1 amide bonds. The Balaban J connectivity index is 2.04. The number of benzene rings is 1. The van der Waals surface area contributed by atoms with Crippen LogP contribution in [0.1, 0.15) is 17.9 Å². The first-order valence-electron chi connectivity index (χ1n) is 6.40. The monoisotopic (exact) mass is 301 g/mol. The summed E-state index contributed by atoms with van der Waals surface area (Å²) in [5.74, 6) is -2.88.